The van der Waals surface area contributed by atoms with E-state index in [4.69, 9.17) is 9.47 Å². The Morgan fingerprint density at radius 3 is 2.55 bits per heavy atom. The normalized spacial score (nSPS) is 15.5. The van der Waals surface area contributed by atoms with Crippen LogP contribution in [0.15, 0.2) is 48.8 Å². The third-order valence-corrected chi connectivity index (χ3v) is 5.75. The van der Waals surface area contributed by atoms with Gasteiger partial charge in [0.05, 0.1) is 12.6 Å². The molecule has 3 aromatic rings. The minimum atomic E-state index is 0.0335. The maximum atomic E-state index is 11.6. The Bertz CT molecular complexity index is 1050. The van der Waals surface area contributed by atoms with Crippen molar-refractivity contribution in [1.82, 2.24) is 14.9 Å². The number of anilines is 1. The summed E-state index contributed by atoms with van der Waals surface area (Å²) >= 11 is 0. The van der Waals surface area contributed by atoms with Crippen LogP contribution in [0.3, 0.4) is 0 Å². The molecule has 2 heterocycles. The standard InChI is InChI=1S/C24H28N4O3/c1-16(18-7-5-4-6-8-18)27-24-20-13-23(22(30-3)14-21(20)25-15-26-24)31-19-9-11-28(12-10-19)17(2)29/h4-8,13-16,19H,9-12H2,1-3H3,(H,25,26,27)/t16-/m1/s1. The fourth-order valence-electron chi connectivity index (χ4n) is 3.93. The van der Waals surface area contributed by atoms with Gasteiger partial charge in [0.2, 0.25) is 5.91 Å². The van der Waals surface area contributed by atoms with Crippen LogP contribution in [0.2, 0.25) is 0 Å². The largest absolute Gasteiger partial charge is 0.493 e. The molecular weight excluding hydrogens is 392 g/mol. The Morgan fingerprint density at radius 1 is 1.13 bits per heavy atom. The second kappa shape index (κ2) is 9.20. The first-order valence-electron chi connectivity index (χ1n) is 10.6. The van der Waals surface area contributed by atoms with E-state index in [9.17, 15) is 4.79 Å². The number of amides is 1. The van der Waals surface area contributed by atoms with Crippen LogP contribution in [0, 0.1) is 0 Å². The zero-order chi connectivity index (χ0) is 21.8. The molecule has 1 aromatic heterocycles. The summed E-state index contributed by atoms with van der Waals surface area (Å²) in [5.41, 5.74) is 1.96. The number of rotatable bonds is 6. The number of methoxy groups -OCH3 is 1. The van der Waals surface area contributed by atoms with Gasteiger partial charge >= 0.3 is 0 Å². The van der Waals surface area contributed by atoms with Crippen molar-refractivity contribution in [2.24, 2.45) is 0 Å². The van der Waals surface area contributed by atoms with E-state index < -0.39 is 0 Å². The van der Waals surface area contributed by atoms with E-state index in [-0.39, 0.29) is 18.1 Å². The predicted octanol–water partition coefficient (Wildman–Crippen LogP) is 4.20. The topological polar surface area (TPSA) is 76.6 Å². The van der Waals surface area contributed by atoms with Gasteiger partial charge in [-0.1, -0.05) is 30.3 Å². The van der Waals surface area contributed by atoms with Crippen molar-refractivity contribution >= 4 is 22.6 Å². The minimum Gasteiger partial charge on any atom is -0.493 e. The van der Waals surface area contributed by atoms with Crippen molar-refractivity contribution in [2.75, 3.05) is 25.5 Å². The second-order valence-electron chi connectivity index (χ2n) is 7.84. The van der Waals surface area contributed by atoms with E-state index in [1.807, 2.05) is 35.2 Å². The Kier molecular flexibility index (Phi) is 6.21. The van der Waals surface area contributed by atoms with Crippen molar-refractivity contribution in [3.8, 4) is 11.5 Å². The fraction of sp³-hybridized carbons (Fsp3) is 0.375. The van der Waals surface area contributed by atoms with Crippen LogP contribution in [0.25, 0.3) is 10.9 Å². The first-order chi connectivity index (χ1) is 15.0. The van der Waals surface area contributed by atoms with Crippen molar-refractivity contribution in [3.63, 3.8) is 0 Å². The zero-order valence-electron chi connectivity index (χ0n) is 18.2. The molecule has 0 radical (unpaired) electrons. The number of ether oxygens (including phenoxy) is 2. The van der Waals surface area contributed by atoms with Gasteiger partial charge in [0.15, 0.2) is 11.5 Å². The van der Waals surface area contributed by atoms with Crippen LogP contribution < -0.4 is 14.8 Å². The zero-order valence-corrected chi connectivity index (χ0v) is 18.2. The highest BCUT2D eigenvalue weighted by molar-refractivity contribution is 5.91. The molecule has 1 saturated heterocycles. The molecule has 0 unspecified atom stereocenters. The van der Waals surface area contributed by atoms with Crippen LogP contribution >= 0.6 is 0 Å². The molecule has 162 valence electrons. The van der Waals surface area contributed by atoms with Gasteiger partial charge in [-0.05, 0) is 18.6 Å². The Labute approximate surface area is 182 Å². The average Bonchev–Trinajstić information content (AvgIpc) is 2.80. The molecule has 0 spiro atoms. The fourth-order valence-corrected chi connectivity index (χ4v) is 3.93. The van der Waals surface area contributed by atoms with Gasteiger partial charge < -0.3 is 19.7 Å². The number of fused-ring (bicyclic) bond motifs is 1. The third kappa shape index (κ3) is 4.71. The predicted molar refractivity (Wildman–Crippen MR) is 120 cm³/mol. The first-order valence-corrected chi connectivity index (χ1v) is 10.6. The van der Waals surface area contributed by atoms with Crippen molar-refractivity contribution in [2.45, 2.75) is 38.8 Å². The maximum absolute atomic E-state index is 11.6. The number of carbonyl (C=O) groups is 1. The maximum Gasteiger partial charge on any atom is 0.219 e. The number of carbonyl (C=O) groups excluding carboxylic acids is 1. The van der Waals surface area contributed by atoms with Gasteiger partial charge in [-0.25, -0.2) is 9.97 Å². The number of nitrogens with zero attached hydrogens (tertiary/aromatic N) is 3. The van der Waals surface area contributed by atoms with Gasteiger partial charge in [0.1, 0.15) is 18.2 Å². The monoisotopic (exact) mass is 420 g/mol. The Morgan fingerprint density at radius 2 is 1.87 bits per heavy atom. The SMILES string of the molecule is COc1cc2ncnc(N[C@H](C)c3ccccc3)c2cc1OC1CCN(C(C)=O)CC1. The van der Waals surface area contributed by atoms with Gasteiger partial charge in [-0.3, -0.25) is 4.79 Å². The quantitative estimate of drug-likeness (QED) is 0.644. The Hall–Kier alpha value is -3.35. The summed E-state index contributed by atoms with van der Waals surface area (Å²) < 4.78 is 11.9. The van der Waals surface area contributed by atoms with Crippen LogP contribution in [0.1, 0.15) is 38.3 Å². The molecule has 0 aliphatic carbocycles. The van der Waals surface area contributed by atoms with Crippen LogP contribution in [0.4, 0.5) is 5.82 Å². The molecule has 1 N–H and O–H groups in total. The lowest BCUT2D eigenvalue weighted by molar-refractivity contribution is -0.130. The molecule has 1 aliphatic heterocycles. The van der Waals surface area contributed by atoms with E-state index in [1.165, 1.54) is 5.56 Å². The molecular formula is C24H28N4O3. The number of aromatic nitrogens is 2. The molecule has 0 bridgehead atoms. The van der Waals surface area contributed by atoms with Crippen LogP contribution in [-0.2, 0) is 4.79 Å². The molecule has 1 aliphatic rings. The van der Waals surface area contributed by atoms with E-state index in [0.717, 1.165) is 29.6 Å². The van der Waals surface area contributed by atoms with E-state index >= 15 is 0 Å². The molecule has 7 heteroatoms. The van der Waals surface area contributed by atoms with Gasteiger partial charge in [0, 0.05) is 50.3 Å². The van der Waals surface area contributed by atoms with Crippen molar-refractivity contribution in [1.29, 1.82) is 0 Å². The highest BCUT2D eigenvalue weighted by Gasteiger charge is 2.23. The number of hydrogen-bond acceptors (Lipinski definition) is 6. The summed E-state index contributed by atoms with van der Waals surface area (Å²) in [6.07, 6.45) is 3.18. The summed E-state index contributed by atoms with van der Waals surface area (Å²) in [5, 5.41) is 4.37. The molecule has 31 heavy (non-hydrogen) atoms. The summed E-state index contributed by atoms with van der Waals surface area (Å²) in [7, 11) is 1.63. The first kappa shape index (κ1) is 20.9. The van der Waals surface area contributed by atoms with Gasteiger partial charge in [-0.15, -0.1) is 0 Å². The lowest BCUT2D eigenvalue weighted by Gasteiger charge is -2.31. The molecule has 1 amide bonds. The molecule has 4 rings (SSSR count). The van der Waals surface area contributed by atoms with E-state index in [0.29, 0.717) is 24.6 Å². The van der Waals surface area contributed by atoms with E-state index in [2.05, 4.69) is 34.3 Å². The van der Waals surface area contributed by atoms with Crippen LogP contribution in [-0.4, -0.2) is 47.1 Å². The summed E-state index contributed by atoms with van der Waals surface area (Å²) in [4.78, 5) is 22.3. The molecule has 2 aromatic carbocycles. The summed E-state index contributed by atoms with van der Waals surface area (Å²) in [5.74, 6) is 2.17. The number of hydrogen-bond donors (Lipinski definition) is 1. The highest BCUT2D eigenvalue weighted by atomic mass is 16.5. The summed E-state index contributed by atoms with van der Waals surface area (Å²) in [6.45, 7) is 5.13. The second-order valence-corrected chi connectivity index (χ2v) is 7.84. The summed E-state index contributed by atoms with van der Waals surface area (Å²) in [6, 6.07) is 14.2. The van der Waals surface area contributed by atoms with Gasteiger partial charge in [0.25, 0.3) is 0 Å². The molecule has 1 atom stereocenters. The minimum absolute atomic E-state index is 0.0335. The number of nitrogens with one attached hydrogen (secondary N) is 1. The lowest BCUT2D eigenvalue weighted by atomic mass is 10.1. The third-order valence-electron chi connectivity index (χ3n) is 5.75. The average molecular weight is 421 g/mol. The smallest absolute Gasteiger partial charge is 0.219 e. The van der Waals surface area contributed by atoms with Crippen molar-refractivity contribution < 1.29 is 14.3 Å². The Balaban J connectivity index is 1.59. The van der Waals surface area contributed by atoms with Crippen LogP contribution in [0.5, 0.6) is 11.5 Å². The molecule has 7 nitrogen and oxygen atoms in total. The number of likely N-dealkylation sites (tertiary alicyclic amines) is 1. The molecule has 0 saturated carbocycles. The number of piperidine rings is 1. The van der Waals surface area contributed by atoms with E-state index in [1.54, 1.807) is 20.4 Å². The number of benzene rings is 2. The molecule has 1 fully saturated rings. The van der Waals surface area contributed by atoms with Crippen molar-refractivity contribution in [3.05, 3.63) is 54.4 Å². The van der Waals surface area contributed by atoms with Gasteiger partial charge in [-0.2, -0.15) is 0 Å². The lowest BCUT2D eigenvalue weighted by Crippen LogP contribution is -2.40. The highest BCUT2D eigenvalue weighted by Crippen LogP contribution is 2.36.